The molecule has 8 nitrogen and oxygen atoms in total. The van der Waals surface area contributed by atoms with Crippen LogP contribution in [0.25, 0.3) is 0 Å². The number of morpholine rings is 1. The Balaban J connectivity index is 1.99. The highest BCUT2D eigenvalue weighted by molar-refractivity contribution is 7.89. The number of ether oxygens (including phenoxy) is 1. The second kappa shape index (κ2) is 7.86. The lowest BCUT2D eigenvalue weighted by Gasteiger charge is -2.37. The average molecular weight is 373 g/mol. The van der Waals surface area contributed by atoms with Gasteiger partial charge in [-0.25, -0.2) is 13.1 Å². The van der Waals surface area contributed by atoms with Crippen LogP contribution in [0.2, 0.25) is 0 Å². The third kappa shape index (κ3) is 5.27. The van der Waals surface area contributed by atoms with Crippen LogP contribution < -0.4 is 4.72 Å². The molecule has 0 aliphatic carbocycles. The quantitative estimate of drug-likeness (QED) is 0.753. The van der Waals surface area contributed by atoms with Crippen molar-refractivity contribution in [2.75, 3.05) is 53.5 Å². The van der Waals surface area contributed by atoms with Crippen molar-refractivity contribution in [1.82, 2.24) is 14.5 Å². The van der Waals surface area contributed by atoms with Gasteiger partial charge in [0.05, 0.1) is 18.8 Å². The van der Waals surface area contributed by atoms with E-state index in [1.165, 1.54) is 19.4 Å². The molecular weight excluding hydrogens is 346 g/mol. The predicted octanol–water partition coefficient (Wildman–Crippen LogP) is 0.618. The van der Waals surface area contributed by atoms with E-state index in [9.17, 15) is 13.2 Å². The molecule has 0 unspecified atom stereocenters. The van der Waals surface area contributed by atoms with Gasteiger partial charge in [0.25, 0.3) is 15.9 Å². The van der Waals surface area contributed by atoms with Crippen LogP contribution in [0.5, 0.6) is 0 Å². The second-order valence-corrected chi connectivity index (χ2v) is 8.89. The van der Waals surface area contributed by atoms with Gasteiger partial charge in [-0.3, -0.25) is 9.69 Å². The number of carbonyl (C=O) groups excluding carboxylic acids is 1. The van der Waals surface area contributed by atoms with Gasteiger partial charge in [-0.15, -0.1) is 0 Å². The average Bonchev–Trinajstić information content (AvgIpc) is 3.04. The van der Waals surface area contributed by atoms with E-state index < -0.39 is 10.0 Å². The summed E-state index contributed by atoms with van der Waals surface area (Å²) in [4.78, 5) is 16.5. The Morgan fingerprint density at radius 2 is 2.00 bits per heavy atom. The normalized spacial score (nSPS) is 16.8. The fourth-order valence-electron chi connectivity index (χ4n) is 3.02. The summed E-state index contributed by atoms with van der Waals surface area (Å²) in [5, 5.41) is -0.265. The summed E-state index contributed by atoms with van der Waals surface area (Å²) >= 11 is 0. The summed E-state index contributed by atoms with van der Waals surface area (Å²) in [5.74, 6) is -0.267. The van der Waals surface area contributed by atoms with Crippen molar-refractivity contribution in [2.45, 2.75) is 18.9 Å². The first kappa shape index (κ1) is 19.9. The number of furan rings is 1. The SMILES string of the molecule is CNS(=O)(=O)c1cc(C(=O)N(C)CC(C)(C)CN2CCOCC2)co1. The molecule has 1 fully saturated rings. The lowest BCUT2D eigenvalue weighted by molar-refractivity contribution is 0.0163. The van der Waals surface area contributed by atoms with Crippen LogP contribution in [-0.4, -0.2) is 77.6 Å². The van der Waals surface area contributed by atoms with Gasteiger partial charge in [-0.2, -0.15) is 0 Å². The van der Waals surface area contributed by atoms with Crippen molar-refractivity contribution in [2.24, 2.45) is 5.41 Å². The van der Waals surface area contributed by atoms with Crippen LogP contribution in [0.4, 0.5) is 0 Å². The summed E-state index contributed by atoms with van der Waals surface area (Å²) in [6, 6.07) is 1.25. The Kier molecular flexibility index (Phi) is 6.26. The summed E-state index contributed by atoms with van der Waals surface area (Å²) in [6.07, 6.45) is 1.18. The first-order valence-electron chi connectivity index (χ1n) is 8.22. The fourth-order valence-corrected chi connectivity index (χ4v) is 3.68. The van der Waals surface area contributed by atoms with Gasteiger partial charge in [-0.05, 0) is 12.5 Å². The van der Waals surface area contributed by atoms with Crippen LogP contribution in [0.3, 0.4) is 0 Å². The number of hydrogen-bond donors (Lipinski definition) is 1. The Hall–Kier alpha value is -1.42. The van der Waals surface area contributed by atoms with E-state index in [0.717, 1.165) is 32.8 Å². The predicted molar refractivity (Wildman–Crippen MR) is 93.0 cm³/mol. The van der Waals surface area contributed by atoms with E-state index in [4.69, 9.17) is 9.15 Å². The van der Waals surface area contributed by atoms with Crippen molar-refractivity contribution in [3.8, 4) is 0 Å². The minimum Gasteiger partial charge on any atom is -0.451 e. The number of amides is 1. The molecule has 0 radical (unpaired) electrons. The Bertz CT molecular complexity index is 692. The van der Waals surface area contributed by atoms with Gasteiger partial charge < -0.3 is 14.1 Å². The number of hydrogen-bond acceptors (Lipinski definition) is 6. The molecule has 0 aromatic carbocycles. The molecule has 2 heterocycles. The van der Waals surface area contributed by atoms with E-state index in [1.807, 2.05) is 0 Å². The van der Waals surface area contributed by atoms with Crippen molar-refractivity contribution >= 4 is 15.9 Å². The van der Waals surface area contributed by atoms with E-state index in [1.54, 1.807) is 11.9 Å². The molecule has 1 N–H and O–H groups in total. The lowest BCUT2D eigenvalue weighted by atomic mass is 9.91. The molecule has 0 spiro atoms. The van der Waals surface area contributed by atoms with Crippen molar-refractivity contribution < 1.29 is 22.4 Å². The van der Waals surface area contributed by atoms with Crippen molar-refractivity contribution in [3.63, 3.8) is 0 Å². The maximum absolute atomic E-state index is 12.6. The molecule has 1 saturated heterocycles. The van der Waals surface area contributed by atoms with E-state index in [2.05, 4.69) is 23.5 Å². The van der Waals surface area contributed by atoms with Gasteiger partial charge in [0.2, 0.25) is 5.09 Å². The molecular formula is C16H27N3O5S. The highest BCUT2D eigenvalue weighted by Crippen LogP contribution is 2.21. The van der Waals surface area contributed by atoms with Gasteiger partial charge in [0, 0.05) is 39.3 Å². The van der Waals surface area contributed by atoms with E-state index in [-0.39, 0.29) is 22.0 Å². The number of rotatable bonds is 7. The van der Waals surface area contributed by atoms with Crippen LogP contribution >= 0.6 is 0 Å². The van der Waals surface area contributed by atoms with E-state index >= 15 is 0 Å². The molecule has 0 bridgehead atoms. The zero-order valence-electron chi connectivity index (χ0n) is 15.2. The fraction of sp³-hybridized carbons (Fsp3) is 0.688. The van der Waals surface area contributed by atoms with Crippen LogP contribution in [0.15, 0.2) is 21.8 Å². The third-order valence-corrected chi connectivity index (χ3v) is 5.40. The molecule has 1 aromatic rings. The van der Waals surface area contributed by atoms with Crippen molar-refractivity contribution in [3.05, 3.63) is 17.9 Å². The maximum atomic E-state index is 12.6. The molecule has 1 aromatic heterocycles. The topological polar surface area (TPSA) is 92.1 Å². The lowest BCUT2D eigenvalue weighted by Crippen LogP contribution is -2.46. The molecule has 0 atom stereocenters. The molecule has 142 valence electrons. The smallest absolute Gasteiger partial charge is 0.273 e. The molecule has 1 aliphatic rings. The Labute approximate surface area is 149 Å². The molecule has 2 rings (SSSR count). The molecule has 1 aliphatic heterocycles. The van der Waals surface area contributed by atoms with Gasteiger partial charge >= 0.3 is 0 Å². The number of nitrogens with zero attached hydrogens (tertiary/aromatic N) is 2. The zero-order valence-corrected chi connectivity index (χ0v) is 16.1. The largest absolute Gasteiger partial charge is 0.451 e. The Morgan fingerprint density at radius 3 is 2.60 bits per heavy atom. The third-order valence-electron chi connectivity index (χ3n) is 4.12. The number of carbonyl (C=O) groups is 1. The molecule has 9 heteroatoms. The first-order valence-corrected chi connectivity index (χ1v) is 9.70. The van der Waals surface area contributed by atoms with Crippen LogP contribution in [0.1, 0.15) is 24.2 Å². The first-order chi connectivity index (χ1) is 11.6. The monoisotopic (exact) mass is 373 g/mol. The van der Waals surface area contributed by atoms with Crippen LogP contribution in [-0.2, 0) is 14.8 Å². The summed E-state index contributed by atoms with van der Waals surface area (Å²) in [7, 11) is -0.695. The minimum atomic E-state index is -3.70. The molecule has 25 heavy (non-hydrogen) atoms. The van der Waals surface area contributed by atoms with Gasteiger partial charge in [-0.1, -0.05) is 13.8 Å². The molecule has 0 saturated carbocycles. The Morgan fingerprint density at radius 1 is 1.36 bits per heavy atom. The van der Waals surface area contributed by atoms with E-state index in [0.29, 0.717) is 6.54 Å². The second-order valence-electron chi connectivity index (χ2n) is 7.08. The summed E-state index contributed by atoms with van der Waals surface area (Å²) in [6.45, 7) is 8.89. The van der Waals surface area contributed by atoms with Crippen LogP contribution in [0, 0.1) is 5.41 Å². The minimum absolute atomic E-state index is 0.106. The number of sulfonamides is 1. The standard InChI is InChI=1S/C16H27N3O5S/c1-16(2,12-19-5-7-23-8-6-19)11-18(4)15(20)13-9-14(24-10-13)25(21,22)17-3/h9-10,17H,5-8,11-12H2,1-4H3. The zero-order chi connectivity index (χ0) is 18.7. The molecule has 1 amide bonds. The summed E-state index contributed by atoms with van der Waals surface area (Å²) < 4.78 is 36.0. The summed E-state index contributed by atoms with van der Waals surface area (Å²) in [5.41, 5.74) is 0.115. The van der Waals surface area contributed by atoms with Crippen molar-refractivity contribution in [1.29, 1.82) is 0 Å². The highest BCUT2D eigenvalue weighted by Gasteiger charge is 2.28. The van der Waals surface area contributed by atoms with Gasteiger partial charge in [0.15, 0.2) is 0 Å². The highest BCUT2D eigenvalue weighted by atomic mass is 32.2. The maximum Gasteiger partial charge on any atom is 0.273 e. The van der Waals surface area contributed by atoms with Gasteiger partial charge in [0.1, 0.15) is 6.26 Å². The number of nitrogens with one attached hydrogen (secondary N) is 1.